The number of anilines is 2. The van der Waals surface area contributed by atoms with Gasteiger partial charge in [0.15, 0.2) is 0 Å². The van der Waals surface area contributed by atoms with Crippen LogP contribution in [0.5, 0.6) is 5.75 Å². The second-order valence-electron chi connectivity index (χ2n) is 6.80. The maximum Gasteiger partial charge on any atom is 0.387 e. The minimum Gasteiger partial charge on any atom is -0.435 e. The number of rotatable bonds is 5. The van der Waals surface area contributed by atoms with Gasteiger partial charge < -0.3 is 15.0 Å². The Labute approximate surface area is 165 Å². The first kappa shape index (κ1) is 18.9. The summed E-state index contributed by atoms with van der Waals surface area (Å²) in [6, 6.07) is 19.2. The molecule has 148 valence electrons. The zero-order valence-corrected chi connectivity index (χ0v) is 15.3. The minimum absolute atomic E-state index is 0.0103. The third-order valence-electron chi connectivity index (χ3n) is 4.90. The topological polar surface area (TPSA) is 58.6 Å². The molecule has 1 aliphatic rings. The molecule has 0 bridgehead atoms. The highest BCUT2D eigenvalue weighted by atomic mass is 19.3. The predicted molar refractivity (Wildman–Crippen MR) is 106 cm³/mol. The van der Waals surface area contributed by atoms with Crippen LogP contribution < -0.4 is 15.0 Å². The van der Waals surface area contributed by atoms with Gasteiger partial charge in [-0.1, -0.05) is 36.4 Å². The van der Waals surface area contributed by atoms with E-state index in [2.05, 4.69) is 10.1 Å². The third kappa shape index (κ3) is 4.03. The Hall–Kier alpha value is -3.48. The van der Waals surface area contributed by atoms with Gasteiger partial charge in [0.2, 0.25) is 11.8 Å². The number of nitrogens with zero attached hydrogens (tertiary/aromatic N) is 1. The molecule has 0 radical (unpaired) electrons. The molecule has 2 amide bonds. The summed E-state index contributed by atoms with van der Waals surface area (Å²) < 4.78 is 28.7. The van der Waals surface area contributed by atoms with Crippen molar-refractivity contribution in [2.45, 2.75) is 13.0 Å². The maximum atomic E-state index is 12.6. The second kappa shape index (κ2) is 7.87. The first-order chi connectivity index (χ1) is 14.0. The van der Waals surface area contributed by atoms with E-state index in [1.807, 2.05) is 42.5 Å². The monoisotopic (exact) mass is 396 g/mol. The van der Waals surface area contributed by atoms with Crippen molar-refractivity contribution < 1.29 is 23.1 Å². The number of benzene rings is 3. The summed E-state index contributed by atoms with van der Waals surface area (Å²) in [5, 5.41) is 4.72. The van der Waals surface area contributed by atoms with Crippen LogP contribution in [0.2, 0.25) is 0 Å². The van der Waals surface area contributed by atoms with Gasteiger partial charge in [0.05, 0.1) is 11.6 Å². The first-order valence-electron chi connectivity index (χ1n) is 9.15. The van der Waals surface area contributed by atoms with Gasteiger partial charge in [-0.3, -0.25) is 9.59 Å². The highest BCUT2D eigenvalue weighted by Gasteiger charge is 2.35. The molecule has 0 aliphatic carbocycles. The molecule has 5 nitrogen and oxygen atoms in total. The molecule has 7 heteroatoms. The Bertz CT molecular complexity index is 1050. The van der Waals surface area contributed by atoms with E-state index in [0.717, 1.165) is 16.5 Å². The van der Waals surface area contributed by atoms with E-state index in [9.17, 15) is 18.4 Å². The van der Waals surface area contributed by atoms with Gasteiger partial charge >= 0.3 is 6.61 Å². The van der Waals surface area contributed by atoms with Crippen LogP contribution in [0, 0.1) is 5.92 Å². The summed E-state index contributed by atoms with van der Waals surface area (Å²) in [4.78, 5) is 26.9. The van der Waals surface area contributed by atoms with Crippen molar-refractivity contribution in [2.24, 2.45) is 5.92 Å². The molecule has 0 spiro atoms. The molecule has 1 atom stereocenters. The third-order valence-corrected chi connectivity index (χ3v) is 4.90. The Kier molecular flexibility index (Phi) is 5.12. The molecule has 1 heterocycles. The van der Waals surface area contributed by atoms with Crippen molar-refractivity contribution in [2.75, 3.05) is 16.8 Å². The summed E-state index contributed by atoms with van der Waals surface area (Å²) in [6.45, 7) is -2.62. The van der Waals surface area contributed by atoms with Gasteiger partial charge in [0.1, 0.15) is 5.75 Å². The smallest absolute Gasteiger partial charge is 0.387 e. The lowest BCUT2D eigenvalue weighted by Gasteiger charge is -2.19. The number of alkyl halides is 2. The van der Waals surface area contributed by atoms with Crippen LogP contribution >= 0.6 is 0 Å². The number of ether oxygens (including phenoxy) is 1. The fourth-order valence-corrected chi connectivity index (χ4v) is 3.52. The molecule has 29 heavy (non-hydrogen) atoms. The van der Waals surface area contributed by atoms with Crippen LogP contribution in [0.1, 0.15) is 6.42 Å². The molecule has 4 rings (SSSR count). The van der Waals surface area contributed by atoms with Crippen LogP contribution in [0.15, 0.2) is 66.7 Å². The highest BCUT2D eigenvalue weighted by molar-refractivity contribution is 6.08. The van der Waals surface area contributed by atoms with Crippen LogP contribution in [0.25, 0.3) is 10.8 Å². The molecular formula is C22H18F2N2O3. The minimum atomic E-state index is -2.90. The summed E-state index contributed by atoms with van der Waals surface area (Å²) in [5.41, 5.74) is 1.24. The normalized spacial score (nSPS) is 16.4. The maximum absolute atomic E-state index is 12.6. The van der Waals surface area contributed by atoms with Crippen LogP contribution in [0.3, 0.4) is 0 Å². The Morgan fingerprint density at radius 3 is 2.52 bits per heavy atom. The second-order valence-corrected chi connectivity index (χ2v) is 6.80. The molecule has 3 aromatic rings. The molecule has 1 aliphatic heterocycles. The number of carbonyl (C=O) groups is 2. The Morgan fingerprint density at radius 1 is 1.03 bits per heavy atom. The SMILES string of the molecule is O=C(Nc1ccc(OC(F)F)cc1)[C@@H]1CC(=O)N(c2cccc3ccccc23)C1. The van der Waals surface area contributed by atoms with Crippen LogP contribution in [0.4, 0.5) is 20.2 Å². The molecule has 1 saturated heterocycles. The number of nitrogens with one attached hydrogen (secondary N) is 1. The summed E-state index contributed by atoms with van der Waals surface area (Å²) in [6.07, 6.45) is 0.113. The van der Waals surface area contributed by atoms with Gasteiger partial charge in [-0.05, 0) is 35.7 Å². The zero-order chi connectivity index (χ0) is 20.4. The van der Waals surface area contributed by atoms with E-state index in [-0.39, 0.29) is 30.5 Å². The van der Waals surface area contributed by atoms with E-state index in [4.69, 9.17) is 0 Å². The van der Waals surface area contributed by atoms with E-state index < -0.39 is 12.5 Å². The van der Waals surface area contributed by atoms with Crippen molar-refractivity contribution in [1.29, 1.82) is 0 Å². The molecule has 3 aromatic carbocycles. The summed E-state index contributed by atoms with van der Waals surface area (Å²) in [7, 11) is 0. The number of hydrogen-bond donors (Lipinski definition) is 1. The molecule has 0 saturated carbocycles. The van der Waals surface area contributed by atoms with Gasteiger partial charge in [-0.2, -0.15) is 8.78 Å². The van der Waals surface area contributed by atoms with E-state index in [1.165, 1.54) is 24.3 Å². The van der Waals surface area contributed by atoms with Gasteiger partial charge in [-0.15, -0.1) is 0 Å². The zero-order valence-electron chi connectivity index (χ0n) is 15.3. The van der Waals surface area contributed by atoms with Crippen molar-refractivity contribution in [3.8, 4) is 5.75 Å². The number of amides is 2. The lowest BCUT2D eigenvalue weighted by molar-refractivity contribution is -0.122. The molecule has 1 N–H and O–H groups in total. The molecule has 1 fully saturated rings. The average Bonchev–Trinajstić information content (AvgIpc) is 3.10. The van der Waals surface area contributed by atoms with E-state index in [0.29, 0.717) is 5.69 Å². The number of fused-ring (bicyclic) bond motifs is 1. The average molecular weight is 396 g/mol. The van der Waals surface area contributed by atoms with Crippen molar-refractivity contribution in [3.05, 3.63) is 66.7 Å². The lowest BCUT2D eigenvalue weighted by atomic mass is 10.1. The molecular weight excluding hydrogens is 378 g/mol. The highest BCUT2D eigenvalue weighted by Crippen LogP contribution is 2.32. The molecule has 0 aromatic heterocycles. The summed E-state index contributed by atoms with van der Waals surface area (Å²) >= 11 is 0. The van der Waals surface area contributed by atoms with Crippen LogP contribution in [-0.2, 0) is 9.59 Å². The number of carbonyl (C=O) groups excluding carboxylic acids is 2. The van der Waals surface area contributed by atoms with Gasteiger partial charge in [0.25, 0.3) is 0 Å². The van der Waals surface area contributed by atoms with E-state index in [1.54, 1.807) is 4.90 Å². The number of halogens is 2. The largest absolute Gasteiger partial charge is 0.435 e. The fourth-order valence-electron chi connectivity index (χ4n) is 3.52. The van der Waals surface area contributed by atoms with E-state index >= 15 is 0 Å². The Morgan fingerprint density at radius 2 is 1.76 bits per heavy atom. The van der Waals surface area contributed by atoms with Crippen LogP contribution in [-0.4, -0.2) is 25.0 Å². The lowest BCUT2D eigenvalue weighted by Crippen LogP contribution is -2.28. The summed E-state index contributed by atoms with van der Waals surface area (Å²) in [5.74, 6) is -0.888. The first-order valence-corrected chi connectivity index (χ1v) is 9.15. The fraction of sp³-hybridized carbons (Fsp3) is 0.182. The standard InChI is InChI=1S/C22H18F2N2O3/c23-22(24)29-17-10-8-16(9-11-17)25-21(28)15-12-20(27)26(13-15)19-7-3-5-14-4-1-2-6-18(14)19/h1-11,15,22H,12-13H2,(H,25,28)/t15-/m1/s1. The van der Waals surface area contributed by atoms with Crippen molar-refractivity contribution in [3.63, 3.8) is 0 Å². The molecule has 0 unspecified atom stereocenters. The van der Waals surface area contributed by atoms with Crippen molar-refractivity contribution in [1.82, 2.24) is 0 Å². The quantitative estimate of drug-likeness (QED) is 0.694. The number of hydrogen-bond acceptors (Lipinski definition) is 3. The van der Waals surface area contributed by atoms with Crippen molar-refractivity contribution >= 4 is 34.0 Å². The van der Waals surface area contributed by atoms with Gasteiger partial charge in [0, 0.05) is 24.0 Å². The Balaban J connectivity index is 1.47. The van der Waals surface area contributed by atoms with Gasteiger partial charge in [-0.25, -0.2) is 0 Å². The predicted octanol–water partition coefficient (Wildman–Crippen LogP) is 4.43.